The van der Waals surface area contributed by atoms with Crippen molar-refractivity contribution < 1.29 is 14.3 Å². The molecule has 2 amide bonds. The molecule has 2 N–H and O–H groups in total. The molecule has 2 aromatic carbocycles. The van der Waals surface area contributed by atoms with Crippen molar-refractivity contribution in [1.29, 1.82) is 0 Å². The lowest BCUT2D eigenvalue weighted by atomic mass is 9.97. The maximum atomic E-state index is 12.7. The number of nitrogens with zero attached hydrogens (tertiary/aromatic N) is 1. The van der Waals surface area contributed by atoms with Crippen molar-refractivity contribution in [2.75, 3.05) is 7.11 Å². The van der Waals surface area contributed by atoms with Crippen molar-refractivity contribution in [2.24, 2.45) is 11.0 Å². The lowest BCUT2D eigenvalue weighted by Gasteiger charge is -2.20. The molecule has 1 unspecified atom stereocenters. The van der Waals surface area contributed by atoms with E-state index in [-0.39, 0.29) is 17.7 Å². The van der Waals surface area contributed by atoms with Gasteiger partial charge in [0.05, 0.1) is 13.3 Å². The van der Waals surface area contributed by atoms with Gasteiger partial charge >= 0.3 is 0 Å². The zero-order valence-electron chi connectivity index (χ0n) is 19.4. The number of hydrogen-bond donors (Lipinski definition) is 2. The molecule has 0 aromatic heterocycles. The van der Waals surface area contributed by atoms with Gasteiger partial charge in [0.25, 0.3) is 11.8 Å². The van der Waals surface area contributed by atoms with Crippen LogP contribution in [0.3, 0.4) is 0 Å². The van der Waals surface area contributed by atoms with Crippen LogP contribution in [0.1, 0.15) is 66.2 Å². The lowest BCUT2D eigenvalue weighted by Crippen LogP contribution is -2.48. The van der Waals surface area contributed by atoms with Crippen molar-refractivity contribution in [2.45, 2.75) is 53.5 Å². The van der Waals surface area contributed by atoms with E-state index in [0.717, 1.165) is 28.0 Å². The molecular formula is C25H33N3O3. The molecule has 0 bridgehead atoms. The number of carbonyl (C=O) groups excluding carboxylic acids is 2. The molecule has 0 spiro atoms. The van der Waals surface area contributed by atoms with Gasteiger partial charge in [-0.2, -0.15) is 5.10 Å². The van der Waals surface area contributed by atoms with E-state index in [1.807, 2.05) is 52.0 Å². The fourth-order valence-corrected chi connectivity index (χ4v) is 3.18. The predicted molar refractivity (Wildman–Crippen MR) is 125 cm³/mol. The van der Waals surface area contributed by atoms with Crippen LogP contribution in [0.15, 0.2) is 41.5 Å². The van der Waals surface area contributed by atoms with Crippen LogP contribution in [-0.2, 0) is 4.79 Å². The number of amides is 2. The van der Waals surface area contributed by atoms with Crippen molar-refractivity contribution in [3.05, 3.63) is 64.2 Å². The minimum absolute atomic E-state index is 0.0973. The van der Waals surface area contributed by atoms with Crippen molar-refractivity contribution >= 4 is 18.0 Å². The zero-order valence-corrected chi connectivity index (χ0v) is 19.4. The molecule has 0 saturated carbocycles. The van der Waals surface area contributed by atoms with Crippen LogP contribution in [0, 0.1) is 19.8 Å². The third-order valence-electron chi connectivity index (χ3n) is 5.17. The van der Waals surface area contributed by atoms with Gasteiger partial charge in [-0.1, -0.05) is 45.4 Å². The third-order valence-corrected chi connectivity index (χ3v) is 5.17. The first-order chi connectivity index (χ1) is 14.6. The molecular weight excluding hydrogens is 390 g/mol. The summed E-state index contributed by atoms with van der Waals surface area (Å²) in [7, 11) is 1.66. The molecule has 31 heavy (non-hydrogen) atoms. The second-order valence-corrected chi connectivity index (χ2v) is 8.40. The maximum absolute atomic E-state index is 12.7. The van der Waals surface area contributed by atoms with Crippen LogP contribution in [-0.4, -0.2) is 31.2 Å². The van der Waals surface area contributed by atoms with Gasteiger partial charge < -0.3 is 10.1 Å². The van der Waals surface area contributed by atoms with Crippen LogP contribution in [0.2, 0.25) is 0 Å². The molecule has 0 fully saturated rings. The summed E-state index contributed by atoms with van der Waals surface area (Å²) >= 11 is 0. The van der Waals surface area contributed by atoms with Gasteiger partial charge in [0.2, 0.25) is 0 Å². The molecule has 1 atom stereocenters. The number of ether oxygens (including phenoxy) is 1. The molecule has 0 radical (unpaired) electrons. The molecule has 0 heterocycles. The molecule has 0 aliphatic carbocycles. The first kappa shape index (κ1) is 24.1. The Labute approximate surface area is 185 Å². The Morgan fingerprint density at radius 3 is 2.23 bits per heavy atom. The van der Waals surface area contributed by atoms with Crippen molar-refractivity contribution in [3.8, 4) is 5.75 Å². The van der Waals surface area contributed by atoms with Gasteiger partial charge in [-0.05, 0) is 66.6 Å². The molecule has 2 aromatic rings. The highest BCUT2D eigenvalue weighted by Gasteiger charge is 2.24. The molecule has 2 rings (SSSR count). The van der Waals surface area contributed by atoms with E-state index >= 15 is 0 Å². The molecule has 6 nitrogen and oxygen atoms in total. The number of hydrogen-bond acceptors (Lipinski definition) is 4. The SMILES string of the molecule is COc1cc(C)c(C=NNC(=O)C(NC(=O)c2ccc(C)cc2)C(C)C)cc1C(C)C. The summed E-state index contributed by atoms with van der Waals surface area (Å²) in [6.45, 7) is 11.9. The second kappa shape index (κ2) is 10.8. The Bertz CT molecular complexity index is 947. The van der Waals surface area contributed by atoms with Crippen LogP contribution in [0.25, 0.3) is 0 Å². The first-order valence-corrected chi connectivity index (χ1v) is 10.5. The summed E-state index contributed by atoms with van der Waals surface area (Å²) in [4.78, 5) is 25.2. The fourth-order valence-electron chi connectivity index (χ4n) is 3.18. The highest BCUT2D eigenvalue weighted by molar-refractivity contribution is 5.97. The summed E-state index contributed by atoms with van der Waals surface area (Å²) in [5.74, 6) is 0.388. The predicted octanol–water partition coefficient (Wildman–Crippen LogP) is 4.34. The highest BCUT2D eigenvalue weighted by atomic mass is 16.5. The van der Waals surface area contributed by atoms with Crippen molar-refractivity contribution in [1.82, 2.24) is 10.7 Å². The van der Waals surface area contributed by atoms with E-state index in [9.17, 15) is 9.59 Å². The van der Waals surface area contributed by atoms with E-state index in [2.05, 4.69) is 29.7 Å². The molecule has 6 heteroatoms. The Kier molecular flexibility index (Phi) is 8.37. The Balaban J connectivity index is 2.11. The van der Waals surface area contributed by atoms with Crippen LogP contribution < -0.4 is 15.5 Å². The monoisotopic (exact) mass is 423 g/mol. The van der Waals surface area contributed by atoms with Gasteiger partial charge in [-0.15, -0.1) is 0 Å². The molecule has 0 aliphatic heterocycles. The van der Waals surface area contributed by atoms with Gasteiger partial charge in [-0.3, -0.25) is 9.59 Å². The minimum atomic E-state index is -0.700. The topological polar surface area (TPSA) is 79.8 Å². The molecule has 166 valence electrons. The smallest absolute Gasteiger partial charge is 0.262 e. The van der Waals surface area contributed by atoms with Crippen LogP contribution >= 0.6 is 0 Å². The van der Waals surface area contributed by atoms with E-state index in [1.54, 1.807) is 25.5 Å². The lowest BCUT2D eigenvalue weighted by molar-refractivity contribution is -0.123. The normalized spacial score (nSPS) is 12.3. The highest BCUT2D eigenvalue weighted by Crippen LogP contribution is 2.29. The summed E-state index contributed by atoms with van der Waals surface area (Å²) in [6, 6.07) is 10.5. The van der Waals surface area contributed by atoms with Gasteiger partial charge in [0.1, 0.15) is 11.8 Å². The Hall–Kier alpha value is -3.15. The number of nitrogens with one attached hydrogen (secondary N) is 2. The number of rotatable bonds is 8. The number of aryl methyl sites for hydroxylation is 2. The summed E-state index contributed by atoms with van der Waals surface area (Å²) in [6.07, 6.45) is 1.62. The number of benzene rings is 2. The van der Waals surface area contributed by atoms with Crippen molar-refractivity contribution in [3.63, 3.8) is 0 Å². The van der Waals surface area contributed by atoms with Crippen LogP contribution in [0.5, 0.6) is 5.75 Å². The van der Waals surface area contributed by atoms with E-state index in [1.165, 1.54) is 0 Å². The Morgan fingerprint density at radius 1 is 1.03 bits per heavy atom. The zero-order chi connectivity index (χ0) is 23.1. The maximum Gasteiger partial charge on any atom is 0.262 e. The summed E-state index contributed by atoms with van der Waals surface area (Å²) < 4.78 is 5.47. The quantitative estimate of drug-likeness (QED) is 0.490. The Morgan fingerprint density at radius 2 is 1.68 bits per heavy atom. The minimum Gasteiger partial charge on any atom is -0.496 e. The van der Waals surface area contributed by atoms with Crippen LogP contribution in [0.4, 0.5) is 0 Å². The van der Waals surface area contributed by atoms with Gasteiger partial charge in [-0.25, -0.2) is 5.43 Å². The average Bonchev–Trinajstić information content (AvgIpc) is 2.72. The first-order valence-electron chi connectivity index (χ1n) is 10.5. The standard InChI is InChI=1S/C25H33N3O3/c1-15(2)21-13-20(18(6)12-22(21)31-7)14-26-28-25(30)23(16(3)4)27-24(29)19-10-8-17(5)9-11-19/h8-16,23H,1-7H3,(H,27,29)(H,28,30). The second-order valence-electron chi connectivity index (χ2n) is 8.40. The van der Waals surface area contributed by atoms with E-state index in [0.29, 0.717) is 11.5 Å². The third kappa shape index (κ3) is 6.41. The van der Waals surface area contributed by atoms with E-state index in [4.69, 9.17) is 4.74 Å². The molecule has 0 aliphatic rings. The summed E-state index contributed by atoms with van der Waals surface area (Å²) in [5.41, 5.74) is 7.12. The van der Waals surface area contributed by atoms with Gasteiger partial charge in [0.15, 0.2) is 0 Å². The van der Waals surface area contributed by atoms with E-state index < -0.39 is 6.04 Å². The number of methoxy groups -OCH3 is 1. The average molecular weight is 424 g/mol. The molecule has 0 saturated heterocycles. The van der Waals surface area contributed by atoms with Gasteiger partial charge in [0, 0.05) is 5.56 Å². The fraction of sp³-hybridized carbons (Fsp3) is 0.400. The summed E-state index contributed by atoms with van der Waals surface area (Å²) in [5, 5.41) is 6.95. The largest absolute Gasteiger partial charge is 0.496 e. The number of hydrazone groups is 1. The number of carbonyl (C=O) groups is 2.